The first-order chi connectivity index (χ1) is 10.2. The molecule has 0 bridgehead atoms. The van der Waals surface area contributed by atoms with Gasteiger partial charge in [0.2, 0.25) is 0 Å². The minimum Gasteiger partial charge on any atom is -0.478 e. The lowest BCUT2D eigenvalue weighted by atomic mass is 10.1. The van der Waals surface area contributed by atoms with Gasteiger partial charge in [-0.2, -0.15) is 0 Å². The molecule has 1 saturated heterocycles. The molecule has 6 nitrogen and oxygen atoms in total. The van der Waals surface area contributed by atoms with E-state index in [1.807, 2.05) is 0 Å². The normalized spacial score (nSPS) is 15.9. The van der Waals surface area contributed by atoms with Crippen molar-refractivity contribution >= 4 is 23.4 Å². The van der Waals surface area contributed by atoms with Crippen molar-refractivity contribution in [3.05, 3.63) is 22.8 Å². The number of hydrogen-bond donors (Lipinski definition) is 2. The zero-order valence-corrected chi connectivity index (χ0v) is 12.4. The largest absolute Gasteiger partial charge is 0.478 e. The van der Waals surface area contributed by atoms with Crippen LogP contribution in [0.25, 0.3) is 0 Å². The third-order valence-corrected chi connectivity index (χ3v) is 3.51. The lowest BCUT2D eigenvalue weighted by Crippen LogP contribution is -2.24. The van der Waals surface area contributed by atoms with E-state index in [0.717, 1.165) is 32.5 Å². The predicted molar refractivity (Wildman–Crippen MR) is 79.1 cm³/mol. The third kappa shape index (κ3) is 5.15. The zero-order chi connectivity index (χ0) is 15.1. The second-order valence-electron chi connectivity index (χ2n) is 4.82. The van der Waals surface area contributed by atoms with E-state index in [4.69, 9.17) is 26.2 Å². The molecule has 0 radical (unpaired) electrons. The Hall–Kier alpha value is -1.37. The van der Waals surface area contributed by atoms with Crippen molar-refractivity contribution in [2.45, 2.75) is 25.4 Å². The van der Waals surface area contributed by atoms with Gasteiger partial charge in [0, 0.05) is 32.6 Å². The Morgan fingerprint density at radius 2 is 2.29 bits per heavy atom. The first-order valence-corrected chi connectivity index (χ1v) is 7.36. The molecule has 0 amide bonds. The van der Waals surface area contributed by atoms with Gasteiger partial charge in [0.25, 0.3) is 0 Å². The molecular weight excluding hydrogens is 296 g/mol. The van der Waals surface area contributed by atoms with Gasteiger partial charge in [-0.25, -0.2) is 9.78 Å². The molecule has 1 aliphatic heterocycles. The lowest BCUT2D eigenvalue weighted by molar-refractivity contribution is -0.0316. The molecule has 7 heteroatoms. The molecule has 1 aliphatic rings. The minimum atomic E-state index is -1.04. The fraction of sp³-hybridized carbons (Fsp3) is 0.571. The molecule has 1 aromatic rings. The monoisotopic (exact) mass is 314 g/mol. The van der Waals surface area contributed by atoms with Crippen LogP contribution < -0.4 is 5.32 Å². The number of carboxylic acid groups (broad SMARTS) is 1. The Labute approximate surface area is 128 Å². The van der Waals surface area contributed by atoms with Gasteiger partial charge in [-0.05, 0) is 25.3 Å². The second-order valence-corrected chi connectivity index (χ2v) is 5.23. The molecule has 2 N–H and O–H groups in total. The smallest absolute Gasteiger partial charge is 0.337 e. The first kappa shape index (κ1) is 16.0. The van der Waals surface area contributed by atoms with Gasteiger partial charge >= 0.3 is 5.97 Å². The van der Waals surface area contributed by atoms with E-state index in [9.17, 15) is 4.79 Å². The van der Waals surface area contributed by atoms with Crippen LogP contribution >= 0.6 is 11.6 Å². The molecule has 0 spiro atoms. The van der Waals surface area contributed by atoms with Crippen LogP contribution in [0.5, 0.6) is 0 Å². The summed E-state index contributed by atoms with van der Waals surface area (Å²) in [6, 6.07) is 1.39. The predicted octanol–water partition coefficient (Wildman–Crippen LogP) is 2.43. The highest BCUT2D eigenvalue weighted by Gasteiger charge is 2.13. The van der Waals surface area contributed by atoms with Crippen molar-refractivity contribution < 1.29 is 19.4 Å². The molecule has 2 rings (SSSR count). The first-order valence-electron chi connectivity index (χ1n) is 6.99. The maximum Gasteiger partial charge on any atom is 0.337 e. The number of nitrogens with one attached hydrogen (secondary N) is 1. The molecule has 21 heavy (non-hydrogen) atoms. The fourth-order valence-corrected chi connectivity index (χ4v) is 2.29. The molecule has 116 valence electrons. The summed E-state index contributed by atoms with van der Waals surface area (Å²) < 4.78 is 11.0. The zero-order valence-electron chi connectivity index (χ0n) is 11.7. The summed E-state index contributed by atoms with van der Waals surface area (Å²) in [6.45, 7) is 2.89. The summed E-state index contributed by atoms with van der Waals surface area (Å²) in [6.07, 6.45) is 4.33. The Bertz CT molecular complexity index is 478. The summed E-state index contributed by atoms with van der Waals surface area (Å²) in [5.74, 6) is -0.548. The lowest BCUT2D eigenvalue weighted by Gasteiger charge is -2.22. The van der Waals surface area contributed by atoms with E-state index in [2.05, 4.69) is 10.3 Å². The van der Waals surface area contributed by atoms with Crippen molar-refractivity contribution in [3.63, 3.8) is 0 Å². The number of rotatable bonds is 7. The van der Waals surface area contributed by atoms with Gasteiger partial charge in [-0.15, -0.1) is 0 Å². The highest BCUT2D eigenvalue weighted by atomic mass is 35.5. The number of carbonyl (C=O) groups is 1. The minimum absolute atomic E-state index is 0.0772. The topological polar surface area (TPSA) is 80.7 Å². The molecule has 2 heterocycles. The highest BCUT2D eigenvalue weighted by molar-refractivity contribution is 6.33. The quantitative estimate of drug-likeness (QED) is 0.752. The SMILES string of the molecule is O=C(O)c1cnc(NCCCOC2CCOCC2)c(Cl)c1. The number of halogens is 1. The molecule has 0 aromatic carbocycles. The Balaban J connectivity index is 1.67. The third-order valence-electron chi connectivity index (χ3n) is 3.22. The van der Waals surface area contributed by atoms with Crippen molar-refractivity contribution in [3.8, 4) is 0 Å². The van der Waals surface area contributed by atoms with E-state index in [1.54, 1.807) is 0 Å². The number of carboxylic acids is 1. The molecule has 0 unspecified atom stereocenters. The average Bonchev–Trinajstić information content (AvgIpc) is 2.49. The van der Waals surface area contributed by atoms with E-state index >= 15 is 0 Å². The highest BCUT2D eigenvalue weighted by Crippen LogP contribution is 2.20. The van der Waals surface area contributed by atoms with Gasteiger partial charge in [0.15, 0.2) is 0 Å². The fourth-order valence-electron chi connectivity index (χ4n) is 2.06. The summed E-state index contributed by atoms with van der Waals surface area (Å²) >= 11 is 5.97. The Morgan fingerprint density at radius 3 is 2.95 bits per heavy atom. The standard InChI is InChI=1S/C14H19ClN2O4/c15-12-8-10(14(18)19)9-17-13(12)16-4-1-5-21-11-2-6-20-7-3-11/h8-9,11H,1-7H2,(H,16,17)(H,18,19). The van der Waals surface area contributed by atoms with Crippen LogP contribution in [0.4, 0.5) is 5.82 Å². The second kappa shape index (κ2) is 8.17. The maximum atomic E-state index is 10.8. The van der Waals surface area contributed by atoms with Gasteiger partial charge in [-0.1, -0.05) is 11.6 Å². The van der Waals surface area contributed by atoms with Crippen molar-refractivity contribution in [2.24, 2.45) is 0 Å². The molecule has 0 saturated carbocycles. The van der Waals surface area contributed by atoms with Crippen molar-refractivity contribution in [2.75, 3.05) is 31.7 Å². The molecular formula is C14H19ClN2O4. The van der Waals surface area contributed by atoms with Crippen LogP contribution in [-0.2, 0) is 9.47 Å². The van der Waals surface area contributed by atoms with E-state index in [-0.39, 0.29) is 5.56 Å². The van der Waals surface area contributed by atoms with Gasteiger partial charge in [0.05, 0.1) is 16.7 Å². The molecule has 1 aromatic heterocycles. The number of hydrogen-bond acceptors (Lipinski definition) is 5. The van der Waals surface area contributed by atoms with Gasteiger partial charge in [0.1, 0.15) is 5.82 Å². The molecule has 0 aliphatic carbocycles. The summed E-state index contributed by atoms with van der Waals surface area (Å²) in [4.78, 5) is 14.8. The summed E-state index contributed by atoms with van der Waals surface area (Å²) in [5.41, 5.74) is 0.0772. The van der Waals surface area contributed by atoms with Crippen LogP contribution in [0, 0.1) is 0 Å². The van der Waals surface area contributed by atoms with E-state index in [0.29, 0.717) is 30.1 Å². The van der Waals surface area contributed by atoms with Crippen molar-refractivity contribution in [1.82, 2.24) is 4.98 Å². The van der Waals surface area contributed by atoms with Crippen LogP contribution in [0.3, 0.4) is 0 Å². The summed E-state index contributed by atoms with van der Waals surface area (Å²) in [5, 5.41) is 12.2. The summed E-state index contributed by atoms with van der Waals surface area (Å²) in [7, 11) is 0. The number of anilines is 1. The van der Waals surface area contributed by atoms with Crippen LogP contribution in [-0.4, -0.2) is 48.5 Å². The average molecular weight is 315 g/mol. The number of nitrogens with zero attached hydrogens (tertiary/aromatic N) is 1. The van der Waals surface area contributed by atoms with Gasteiger partial charge < -0.3 is 19.9 Å². The van der Waals surface area contributed by atoms with E-state index < -0.39 is 5.97 Å². The number of pyridine rings is 1. The van der Waals surface area contributed by atoms with Crippen molar-refractivity contribution in [1.29, 1.82) is 0 Å². The number of aromatic nitrogens is 1. The Kier molecular flexibility index (Phi) is 6.22. The van der Waals surface area contributed by atoms with Crippen LogP contribution in [0.2, 0.25) is 5.02 Å². The molecule has 0 atom stereocenters. The number of aromatic carboxylic acids is 1. The van der Waals surface area contributed by atoms with Crippen LogP contribution in [0.15, 0.2) is 12.3 Å². The maximum absolute atomic E-state index is 10.8. The van der Waals surface area contributed by atoms with Crippen LogP contribution in [0.1, 0.15) is 29.6 Å². The van der Waals surface area contributed by atoms with Gasteiger partial charge in [-0.3, -0.25) is 0 Å². The van der Waals surface area contributed by atoms with E-state index in [1.165, 1.54) is 12.3 Å². The molecule has 1 fully saturated rings. The number of ether oxygens (including phenoxy) is 2. The Morgan fingerprint density at radius 1 is 1.52 bits per heavy atom.